The lowest BCUT2D eigenvalue weighted by Gasteiger charge is -2.19. The standard InChI is InChI=1S/C16H24FN3O4/c1-16(2,3)24-15(22)19-10-9-18-14(21)20-12-4-6-13(7-5-12)23-11-8-17/h4-7H,8-11H2,1-3H3,(H,19,22)(H2,18,20,21). The number of alkyl carbamates (subject to hydrolysis) is 1. The fourth-order valence-electron chi connectivity index (χ4n) is 1.62. The Labute approximate surface area is 140 Å². The first kappa shape index (κ1) is 19.5. The van der Waals surface area contributed by atoms with Crippen molar-refractivity contribution >= 4 is 17.8 Å². The van der Waals surface area contributed by atoms with Gasteiger partial charge in [0.25, 0.3) is 0 Å². The van der Waals surface area contributed by atoms with Crippen LogP contribution in [0.2, 0.25) is 0 Å². The molecular weight excluding hydrogens is 317 g/mol. The van der Waals surface area contributed by atoms with Crippen molar-refractivity contribution in [3.63, 3.8) is 0 Å². The van der Waals surface area contributed by atoms with E-state index in [-0.39, 0.29) is 19.7 Å². The second-order valence-electron chi connectivity index (χ2n) is 5.87. The third-order valence-corrected chi connectivity index (χ3v) is 2.54. The Hall–Kier alpha value is -2.51. The number of ether oxygens (including phenoxy) is 2. The van der Waals surface area contributed by atoms with Crippen LogP contribution in [0.4, 0.5) is 19.7 Å². The fourth-order valence-corrected chi connectivity index (χ4v) is 1.62. The van der Waals surface area contributed by atoms with E-state index in [1.54, 1.807) is 45.0 Å². The predicted molar refractivity (Wildman–Crippen MR) is 89.2 cm³/mol. The molecule has 8 heteroatoms. The Morgan fingerprint density at radius 1 is 1.08 bits per heavy atom. The van der Waals surface area contributed by atoms with E-state index < -0.39 is 24.4 Å². The number of nitrogens with one attached hydrogen (secondary N) is 3. The van der Waals surface area contributed by atoms with Crippen molar-refractivity contribution in [1.82, 2.24) is 10.6 Å². The van der Waals surface area contributed by atoms with Gasteiger partial charge in [0, 0.05) is 18.8 Å². The molecule has 1 aromatic rings. The normalized spacial score (nSPS) is 10.7. The number of anilines is 1. The van der Waals surface area contributed by atoms with E-state index in [4.69, 9.17) is 9.47 Å². The molecule has 134 valence electrons. The summed E-state index contributed by atoms with van der Waals surface area (Å²) >= 11 is 0. The van der Waals surface area contributed by atoms with Gasteiger partial charge in [-0.1, -0.05) is 0 Å². The fraction of sp³-hybridized carbons (Fsp3) is 0.500. The molecule has 0 radical (unpaired) electrons. The molecule has 3 amide bonds. The summed E-state index contributed by atoms with van der Waals surface area (Å²) in [5, 5.41) is 7.76. The molecule has 7 nitrogen and oxygen atoms in total. The predicted octanol–water partition coefficient (Wildman–Crippen LogP) is 2.68. The summed E-state index contributed by atoms with van der Waals surface area (Å²) in [5.41, 5.74) is 0.00908. The van der Waals surface area contributed by atoms with Crippen LogP contribution in [0.15, 0.2) is 24.3 Å². The van der Waals surface area contributed by atoms with Crippen LogP contribution in [0, 0.1) is 0 Å². The Balaban J connectivity index is 2.23. The maximum absolute atomic E-state index is 12.0. The highest BCUT2D eigenvalue weighted by atomic mass is 19.1. The number of rotatable bonds is 7. The zero-order chi connectivity index (χ0) is 18.0. The highest BCUT2D eigenvalue weighted by Crippen LogP contribution is 2.15. The molecule has 3 N–H and O–H groups in total. The van der Waals surface area contributed by atoms with Crippen LogP contribution in [0.1, 0.15) is 20.8 Å². The van der Waals surface area contributed by atoms with E-state index in [0.29, 0.717) is 11.4 Å². The van der Waals surface area contributed by atoms with Gasteiger partial charge in [0.2, 0.25) is 0 Å². The van der Waals surface area contributed by atoms with Gasteiger partial charge in [-0.05, 0) is 45.0 Å². The van der Waals surface area contributed by atoms with Gasteiger partial charge in [-0.25, -0.2) is 14.0 Å². The van der Waals surface area contributed by atoms with E-state index >= 15 is 0 Å². The first-order chi connectivity index (χ1) is 11.3. The van der Waals surface area contributed by atoms with Gasteiger partial charge < -0.3 is 25.4 Å². The Kier molecular flexibility index (Phi) is 7.81. The van der Waals surface area contributed by atoms with Gasteiger partial charge in [-0.15, -0.1) is 0 Å². The van der Waals surface area contributed by atoms with Gasteiger partial charge in [-0.2, -0.15) is 0 Å². The van der Waals surface area contributed by atoms with Crippen molar-refractivity contribution < 1.29 is 23.5 Å². The number of carbonyl (C=O) groups excluding carboxylic acids is 2. The molecule has 0 saturated carbocycles. The molecule has 0 aliphatic rings. The lowest BCUT2D eigenvalue weighted by molar-refractivity contribution is 0.0528. The molecule has 0 fully saturated rings. The molecule has 1 rings (SSSR count). The largest absolute Gasteiger partial charge is 0.491 e. The number of hydrogen-bond donors (Lipinski definition) is 3. The average Bonchev–Trinajstić information content (AvgIpc) is 2.49. The molecule has 0 saturated heterocycles. The molecule has 0 aromatic heterocycles. The van der Waals surface area contributed by atoms with Crippen LogP contribution in [-0.2, 0) is 4.74 Å². The molecule has 24 heavy (non-hydrogen) atoms. The Morgan fingerprint density at radius 3 is 2.29 bits per heavy atom. The summed E-state index contributed by atoms with van der Waals surface area (Å²) < 4.78 is 22.1. The summed E-state index contributed by atoms with van der Waals surface area (Å²) in [6.45, 7) is 5.25. The number of benzene rings is 1. The third kappa shape index (κ3) is 8.82. The molecule has 0 heterocycles. The van der Waals surface area contributed by atoms with Gasteiger partial charge in [0.05, 0.1) is 0 Å². The van der Waals surface area contributed by atoms with Crippen LogP contribution in [-0.4, -0.2) is 44.1 Å². The first-order valence-corrected chi connectivity index (χ1v) is 7.61. The number of urea groups is 1. The van der Waals surface area contributed by atoms with Crippen LogP contribution < -0.4 is 20.7 Å². The van der Waals surface area contributed by atoms with Crippen LogP contribution in [0.5, 0.6) is 5.75 Å². The second-order valence-corrected chi connectivity index (χ2v) is 5.87. The SMILES string of the molecule is CC(C)(C)OC(=O)NCCNC(=O)Nc1ccc(OCCF)cc1. The molecule has 0 spiro atoms. The first-order valence-electron chi connectivity index (χ1n) is 7.61. The summed E-state index contributed by atoms with van der Waals surface area (Å²) in [5.74, 6) is 0.528. The zero-order valence-electron chi connectivity index (χ0n) is 14.1. The summed E-state index contributed by atoms with van der Waals surface area (Å²) in [6, 6.07) is 6.15. The average molecular weight is 341 g/mol. The molecule has 0 atom stereocenters. The number of halogens is 1. The van der Waals surface area contributed by atoms with Crippen molar-refractivity contribution in [1.29, 1.82) is 0 Å². The lowest BCUT2D eigenvalue weighted by Crippen LogP contribution is -2.39. The van der Waals surface area contributed by atoms with Crippen molar-refractivity contribution in [3.8, 4) is 5.75 Å². The highest BCUT2D eigenvalue weighted by Gasteiger charge is 2.15. The topological polar surface area (TPSA) is 88.7 Å². The number of carbonyl (C=O) groups is 2. The van der Waals surface area contributed by atoms with Crippen LogP contribution >= 0.6 is 0 Å². The van der Waals surface area contributed by atoms with Crippen LogP contribution in [0.3, 0.4) is 0 Å². The maximum atomic E-state index is 12.0. The summed E-state index contributed by atoms with van der Waals surface area (Å²) in [6.07, 6.45) is -0.534. The molecular formula is C16H24FN3O4. The monoisotopic (exact) mass is 341 g/mol. The van der Waals surface area contributed by atoms with Crippen molar-refractivity contribution in [2.45, 2.75) is 26.4 Å². The van der Waals surface area contributed by atoms with Gasteiger partial charge in [0.1, 0.15) is 24.6 Å². The maximum Gasteiger partial charge on any atom is 0.407 e. The van der Waals surface area contributed by atoms with Crippen LogP contribution in [0.25, 0.3) is 0 Å². The smallest absolute Gasteiger partial charge is 0.407 e. The van der Waals surface area contributed by atoms with Crippen molar-refractivity contribution in [2.24, 2.45) is 0 Å². The minimum absolute atomic E-state index is 0.00207. The minimum atomic E-state index is -0.561. The molecule has 0 aliphatic heterocycles. The second kappa shape index (κ2) is 9.59. The third-order valence-electron chi connectivity index (χ3n) is 2.54. The van der Waals surface area contributed by atoms with Crippen molar-refractivity contribution in [3.05, 3.63) is 24.3 Å². The molecule has 0 aliphatic carbocycles. The van der Waals surface area contributed by atoms with E-state index in [1.807, 2.05) is 0 Å². The van der Waals surface area contributed by atoms with E-state index in [9.17, 15) is 14.0 Å². The van der Waals surface area contributed by atoms with Gasteiger partial charge >= 0.3 is 12.1 Å². The van der Waals surface area contributed by atoms with Gasteiger partial charge in [-0.3, -0.25) is 0 Å². The summed E-state index contributed by atoms with van der Waals surface area (Å²) in [4.78, 5) is 23.1. The molecule has 0 unspecified atom stereocenters. The zero-order valence-corrected chi connectivity index (χ0v) is 14.1. The van der Waals surface area contributed by atoms with Crippen molar-refractivity contribution in [2.75, 3.05) is 31.7 Å². The van der Waals surface area contributed by atoms with E-state index in [0.717, 1.165) is 0 Å². The highest BCUT2D eigenvalue weighted by molar-refractivity contribution is 5.89. The van der Waals surface area contributed by atoms with E-state index in [1.165, 1.54) is 0 Å². The quantitative estimate of drug-likeness (QED) is 0.665. The number of amides is 3. The number of alkyl halides is 1. The Bertz CT molecular complexity index is 529. The lowest BCUT2D eigenvalue weighted by atomic mass is 10.2. The molecule has 0 bridgehead atoms. The van der Waals surface area contributed by atoms with Gasteiger partial charge in [0.15, 0.2) is 0 Å². The number of hydrogen-bond acceptors (Lipinski definition) is 4. The minimum Gasteiger partial charge on any atom is -0.491 e. The van der Waals surface area contributed by atoms with E-state index in [2.05, 4.69) is 16.0 Å². The Morgan fingerprint density at radius 2 is 1.71 bits per heavy atom. The summed E-state index contributed by atoms with van der Waals surface area (Å²) in [7, 11) is 0. The molecule has 1 aromatic carbocycles.